The number of aliphatic hydroxyl groups is 2. The maximum absolute atomic E-state index is 10.6. The molecule has 0 aromatic heterocycles. The smallest absolute Gasteiger partial charge is 0.328 e. The van der Waals surface area contributed by atoms with Gasteiger partial charge in [0.05, 0.1) is 6.10 Å². The molecule has 4 heteroatoms. The van der Waals surface area contributed by atoms with Crippen molar-refractivity contribution in [1.29, 1.82) is 0 Å². The van der Waals surface area contributed by atoms with Gasteiger partial charge in [-0.3, -0.25) is 0 Å². The van der Waals surface area contributed by atoms with E-state index in [1.165, 1.54) is 0 Å². The number of carbonyl (C=O) groups is 1. The van der Waals surface area contributed by atoms with Crippen LogP contribution in [-0.4, -0.2) is 33.0 Å². The Labute approximate surface area is 107 Å². The Hall–Kier alpha value is -1.39. The lowest BCUT2D eigenvalue weighted by Crippen LogP contribution is -2.41. The van der Waals surface area contributed by atoms with Crippen molar-refractivity contribution in [3.05, 3.63) is 35.5 Å². The zero-order valence-corrected chi connectivity index (χ0v) is 10.9. The summed E-state index contributed by atoms with van der Waals surface area (Å²) in [4.78, 5) is 10.5. The van der Waals surface area contributed by atoms with E-state index in [9.17, 15) is 15.0 Å². The molecule has 0 unspecified atom stereocenters. The Bertz CT molecular complexity index is 420. The Kier molecular flexibility index (Phi) is 4.48. The molecule has 0 aromatic carbocycles. The minimum atomic E-state index is -1.12. The molecular formula is C14H20O4. The van der Waals surface area contributed by atoms with Crippen LogP contribution >= 0.6 is 0 Å². The van der Waals surface area contributed by atoms with Gasteiger partial charge >= 0.3 is 5.97 Å². The van der Waals surface area contributed by atoms with Crippen LogP contribution in [0.15, 0.2) is 35.5 Å². The Morgan fingerprint density at radius 2 is 2.17 bits per heavy atom. The van der Waals surface area contributed by atoms with Gasteiger partial charge in [-0.15, -0.1) is 0 Å². The molecule has 1 aliphatic carbocycles. The number of carboxylic acid groups (broad SMARTS) is 1. The number of allylic oxidation sites excluding steroid dienone is 2. The van der Waals surface area contributed by atoms with Crippen LogP contribution in [0.2, 0.25) is 0 Å². The van der Waals surface area contributed by atoms with Crippen molar-refractivity contribution in [2.24, 2.45) is 5.92 Å². The van der Waals surface area contributed by atoms with Gasteiger partial charge in [-0.05, 0) is 43.4 Å². The van der Waals surface area contributed by atoms with Crippen LogP contribution in [0.3, 0.4) is 0 Å². The van der Waals surface area contributed by atoms with Crippen LogP contribution < -0.4 is 0 Å². The van der Waals surface area contributed by atoms with Crippen molar-refractivity contribution in [2.75, 3.05) is 0 Å². The van der Waals surface area contributed by atoms with Crippen molar-refractivity contribution in [3.63, 3.8) is 0 Å². The van der Waals surface area contributed by atoms with Gasteiger partial charge in [0.15, 0.2) is 0 Å². The molecule has 0 bridgehead atoms. The number of hydrogen-bond acceptors (Lipinski definition) is 3. The third kappa shape index (κ3) is 3.31. The lowest BCUT2D eigenvalue weighted by Gasteiger charge is -2.37. The standard InChI is InChI=1S/C14H20O4/c1-9(6-13(16)17)4-5-14(18)10(2)7-12(15)8-11(14)3/h4-7,11-12,15,18H,8H2,1-3H3,(H,16,17)/t11-,12+,14-/m1/s1. The first-order chi connectivity index (χ1) is 8.25. The zero-order chi connectivity index (χ0) is 13.9. The number of rotatable bonds is 3. The van der Waals surface area contributed by atoms with E-state index < -0.39 is 17.7 Å². The molecule has 1 rings (SSSR count). The number of aliphatic carboxylic acids is 1. The molecule has 1 aliphatic rings. The van der Waals surface area contributed by atoms with Crippen LogP contribution in [0.25, 0.3) is 0 Å². The monoisotopic (exact) mass is 252 g/mol. The van der Waals surface area contributed by atoms with Crippen molar-refractivity contribution in [3.8, 4) is 0 Å². The molecule has 18 heavy (non-hydrogen) atoms. The van der Waals surface area contributed by atoms with E-state index in [0.29, 0.717) is 17.6 Å². The molecule has 0 heterocycles. The third-order valence-electron chi connectivity index (χ3n) is 3.37. The lowest BCUT2D eigenvalue weighted by molar-refractivity contribution is -0.131. The molecule has 0 fully saturated rings. The van der Waals surface area contributed by atoms with Crippen LogP contribution in [0.1, 0.15) is 27.2 Å². The van der Waals surface area contributed by atoms with Crippen LogP contribution in [-0.2, 0) is 4.79 Å². The fourth-order valence-corrected chi connectivity index (χ4v) is 2.22. The van der Waals surface area contributed by atoms with Crippen molar-refractivity contribution in [1.82, 2.24) is 0 Å². The quantitative estimate of drug-likeness (QED) is 0.405. The fraction of sp³-hybridized carbons (Fsp3) is 0.500. The van der Waals surface area contributed by atoms with Gasteiger partial charge in [0.1, 0.15) is 5.60 Å². The number of carboxylic acids is 1. The number of aliphatic hydroxyl groups excluding tert-OH is 1. The van der Waals surface area contributed by atoms with E-state index in [-0.39, 0.29) is 5.92 Å². The molecule has 0 saturated heterocycles. The highest BCUT2D eigenvalue weighted by atomic mass is 16.4. The van der Waals surface area contributed by atoms with Gasteiger partial charge in [0, 0.05) is 6.08 Å². The molecule has 3 atom stereocenters. The summed E-state index contributed by atoms with van der Waals surface area (Å²) in [6.45, 7) is 5.29. The summed E-state index contributed by atoms with van der Waals surface area (Å²) in [7, 11) is 0. The minimum Gasteiger partial charge on any atom is -0.478 e. The Morgan fingerprint density at radius 1 is 1.56 bits per heavy atom. The molecule has 4 nitrogen and oxygen atoms in total. The second kappa shape index (κ2) is 5.50. The maximum atomic E-state index is 10.6. The molecule has 0 radical (unpaired) electrons. The SMILES string of the molecule is CC(C=C[C@@]1(O)C(C)=C[C@H](O)C[C@H]1C)=CC(=O)O. The average Bonchev–Trinajstić information content (AvgIpc) is 2.22. The summed E-state index contributed by atoms with van der Waals surface area (Å²) in [5.41, 5.74) is 0.127. The van der Waals surface area contributed by atoms with Gasteiger partial charge in [-0.2, -0.15) is 0 Å². The molecule has 0 aliphatic heterocycles. The van der Waals surface area contributed by atoms with Crippen molar-refractivity contribution < 1.29 is 20.1 Å². The second-order valence-corrected chi connectivity index (χ2v) is 4.94. The van der Waals surface area contributed by atoms with Crippen molar-refractivity contribution >= 4 is 5.97 Å². The Morgan fingerprint density at radius 3 is 2.67 bits per heavy atom. The van der Waals surface area contributed by atoms with Gasteiger partial charge in [0.2, 0.25) is 0 Å². The first-order valence-electron chi connectivity index (χ1n) is 5.95. The van der Waals surface area contributed by atoms with Gasteiger partial charge in [-0.1, -0.05) is 19.1 Å². The van der Waals surface area contributed by atoms with Crippen LogP contribution in [0, 0.1) is 5.92 Å². The topological polar surface area (TPSA) is 77.8 Å². The highest BCUT2D eigenvalue weighted by molar-refractivity contribution is 5.81. The van der Waals surface area contributed by atoms with Crippen molar-refractivity contribution in [2.45, 2.75) is 38.9 Å². The second-order valence-electron chi connectivity index (χ2n) is 4.94. The average molecular weight is 252 g/mol. The zero-order valence-electron chi connectivity index (χ0n) is 10.9. The molecule has 0 aromatic rings. The summed E-state index contributed by atoms with van der Waals surface area (Å²) in [6, 6.07) is 0. The Balaban J connectivity index is 2.97. The fourth-order valence-electron chi connectivity index (χ4n) is 2.22. The molecule has 0 spiro atoms. The first-order valence-corrected chi connectivity index (χ1v) is 5.95. The normalized spacial score (nSPS) is 33.6. The minimum absolute atomic E-state index is 0.119. The van der Waals surface area contributed by atoms with Crippen LogP contribution in [0.5, 0.6) is 0 Å². The predicted molar refractivity (Wildman–Crippen MR) is 69.0 cm³/mol. The summed E-state index contributed by atoms with van der Waals surface area (Å²) >= 11 is 0. The van der Waals surface area contributed by atoms with Crippen LogP contribution in [0.4, 0.5) is 0 Å². The largest absolute Gasteiger partial charge is 0.478 e. The molecular weight excluding hydrogens is 232 g/mol. The number of hydrogen-bond donors (Lipinski definition) is 3. The molecule has 100 valence electrons. The maximum Gasteiger partial charge on any atom is 0.328 e. The van der Waals surface area contributed by atoms with Gasteiger partial charge in [0.25, 0.3) is 0 Å². The highest BCUT2D eigenvalue weighted by Gasteiger charge is 2.37. The van der Waals surface area contributed by atoms with Gasteiger partial charge < -0.3 is 15.3 Å². The van der Waals surface area contributed by atoms with E-state index in [2.05, 4.69) is 0 Å². The summed E-state index contributed by atoms with van der Waals surface area (Å²) in [6.07, 6.45) is 5.88. The first kappa shape index (κ1) is 14.7. The molecule has 3 N–H and O–H groups in total. The predicted octanol–water partition coefficient (Wildman–Crippen LogP) is 1.65. The summed E-state index contributed by atoms with van der Waals surface area (Å²) in [5, 5.41) is 28.8. The lowest BCUT2D eigenvalue weighted by atomic mass is 9.74. The summed E-state index contributed by atoms with van der Waals surface area (Å²) in [5.74, 6) is -1.13. The van der Waals surface area contributed by atoms with E-state index in [0.717, 1.165) is 6.08 Å². The van der Waals surface area contributed by atoms with E-state index in [1.54, 1.807) is 32.1 Å². The van der Waals surface area contributed by atoms with E-state index >= 15 is 0 Å². The van der Waals surface area contributed by atoms with E-state index in [1.807, 2.05) is 6.92 Å². The highest BCUT2D eigenvalue weighted by Crippen LogP contribution is 2.35. The van der Waals surface area contributed by atoms with Gasteiger partial charge in [-0.25, -0.2) is 4.79 Å². The van der Waals surface area contributed by atoms with E-state index in [4.69, 9.17) is 5.11 Å². The molecule has 0 saturated carbocycles. The molecule has 0 amide bonds. The summed E-state index contributed by atoms with van der Waals surface area (Å²) < 4.78 is 0. The third-order valence-corrected chi connectivity index (χ3v) is 3.37.